The van der Waals surface area contributed by atoms with Gasteiger partial charge in [0.15, 0.2) is 6.29 Å². The van der Waals surface area contributed by atoms with Crippen LogP contribution in [0.15, 0.2) is 36.5 Å². The van der Waals surface area contributed by atoms with E-state index in [1.54, 1.807) is 0 Å². The van der Waals surface area contributed by atoms with Crippen LogP contribution in [0.5, 0.6) is 0 Å². The number of amides is 1. The monoisotopic (exact) mass is 1140 g/mol. The Bertz CT molecular complexity index is 1370. The number of hydrogen-bond donors (Lipinski definition) is 6. The summed E-state index contributed by atoms with van der Waals surface area (Å²) in [6, 6.07) is -0.717. The van der Waals surface area contributed by atoms with E-state index in [1.807, 2.05) is 0 Å². The Morgan fingerprint density at radius 1 is 0.420 bits per heavy atom. The summed E-state index contributed by atoms with van der Waals surface area (Å²) in [6.07, 6.45) is 75.2. The first-order valence-electron chi connectivity index (χ1n) is 35.7. The third kappa shape index (κ3) is 50.3. The Balaban J connectivity index is 2.01. The molecule has 1 aliphatic rings. The standard InChI is InChI=1S/C72H137NO8/c1-3-5-7-9-11-13-15-17-19-21-22-23-24-25-26-27-28-29-30-31-32-33-34-35-36-37-38-39-40-41-42-43-44-46-48-50-52-54-56-58-60-62-68(76)73-65(64-80-72-71(79)70(78)69(77)67(63-74)81-72)66(75)61-59-57-55-53-51-49-47-45-20-18-16-14-12-10-8-6-4-2/h15,17,21-22,24-25,65-67,69-72,74-75,77-79H,3-14,16,18-20,23,26-64H2,1-2H3,(H,73,76)/b17-15-,22-21-,25-24-. The van der Waals surface area contributed by atoms with E-state index in [2.05, 4.69) is 55.6 Å². The molecule has 478 valence electrons. The van der Waals surface area contributed by atoms with Gasteiger partial charge in [0.2, 0.25) is 5.91 Å². The second kappa shape index (κ2) is 61.5. The fourth-order valence-electron chi connectivity index (χ4n) is 11.6. The molecule has 7 atom stereocenters. The van der Waals surface area contributed by atoms with Crippen LogP contribution in [0.3, 0.4) is 0 Å². The highest BCUT2D eigenvalue weighted by Gasteiger charge is 2.44. The van der Waals surface area contributed by atoms with Crippen molar-refractivity contribution in [3.05, 3.63) is 36.5 Å². The van der Waals surface area contributed by atoms with E-state index in [-0.39, 0.29) is 12.5 Å². The summed E-state index contributed by atoms with van der Waals surface area (Å²) in [5, 5.41) is 54.8. The van der Waals surface area contributed by atoms with Crippen LogP contribution in [0.25, 0.3) is 0 Å². The van der Waals surface area contributed by atoms with Gasteiger partial charge in [-0.1, -0.05) is 339 Å². The average Bonchev–Trinajstić information content (AvgIpc) is 3.49. The van der Waals surface area contributed by atoms with Crippen molar-refractivity contribution in [1.29, 1.82) is 0 Å². The third-order valence-electron chi connectivity index (χ3n) is 17.2. The van der Waals surface area contributed by atoms with Gasteiger partial charge in [0, 0.05) is 6.42 Å². The molecule has 7 unspecified atom stereocenters. The second-order valence-electron chi connectivity index (χ2n) is 25.0. The maximum absolute atomic E-state index is 13.1. The molecule has 1 rings (SSSR count). The van der Waals surface area contributed by atoms with Crippen LogP contribution in [-0.4, -0.2) is 87.5 Å². The van der Waals surface area contributed by atoms with Gasteiger partial charge in [-0.05, 0) is 51.4 Å². The maximum Gasteiger partial charge on any atom is 0.220 e. The number of carbonyl (C=O) groups excluding carboxylic acids is 1. The average molecular weight is 1140 g/mol. The van der Waals surface area contributed by atoms with Gasteiger partial charge < -0.3 is 40.3 Å². The van der Waals surface area contributed by atoms with E-state index in [4.69, 9.17) is 9.47 Å². The predicted molar refractivity (Wildman–Crippen MR) is 346 cm³/mol. The first-order valence-corrected chi connectivity index (χ1v) is 35.7. The van der Waals surface area contributed by atoms with E-state index in [9.17, 15) is 30.3 Å². The second-order valence-corrected chi connectivity index (χ2v) is 25.0. The predicted octanol–water partition coefficient (Wildman–Crippen LogP) is 19.4. The van der Waals surface area contributed by atoms with E-state index < -0.39 is 49.5 Å². The van der Waals surface area contributed by atoms with Crippen molar-refractivity contribution in [2.24, 2.45) is 0 Å². The molecule has 0 aromatic heterocycles. The van der Waals surface area contributed by atoms with Crippen LogP contribution >= 0.6 is 0 Å². The van der Waals surface area contributed by atoms with Crippen LogP contribution in [-0.2, 0) is 14.3 Å². The molecule has 1 saturated heterocycles. The summed E-state index contributed by atoms with van der Waals surface area (Å²) in [5.41, 5.74) is 0. The molecule has 0 radical (unpaired) electrons. The number of aliphatic hydroxyl groups excluding tert-OH is 5. The smallest absolute Gasteiger partial charge is 0.220 e. The summed E-state index contributed by atoms with van der Waals surface area (Å²) in [4.78, 5) is 13.1. The number of aliphatic hydroxyl groups is 5. The zero-order valence-corrected chi connectivity index (χ0v) is 53.6. The molecule has 81 heavy (non-hydrogen) atoms. The topological polar surface area (TPSA) is 149 Å². The number of allylic oxidation sites excluding steroid dienone is 6. The van der Waals surface area contributed by atoms with Crippen LogP contribution in [0, 0.1) is 0 Å². The van der Waals surface area contributed by atoms with Crippen molar-refractivity contribution < 1.29 is 39.8 Å². The fourth-order valence-corrected chi connectivity index (χ4v) is 11.6. The highest BCUT2D eigenvalue weighted by Crippen LogP contribution is 2.24. The molecule has 0 aromatic carbocycles. The molecule has 0 saturated carbocycles. The van der Waals surface area contributed by atoms with Gasteiger partial charge in [0.05, 0.1) is 25.4 Å². The van der Waals surface area contributed by atoms with Crippen molar-refractivity contribution in [3.63, 3.8) is 0 Å². The summed E-state index contributed by atoms with van der Waals surface area (Å²) in [7, 11) is 0. The summed E-state index contributed by atoms with van der Waals surface area (Å²) < 4.78 is 11.4. The summed E-state index contributed by atoms with van der Waals surface area (Å²) >= 11 is 0. The Labute approximate surface area is 501 Å². The van der Waals surface area contributed by atoms with Crippen LogP contribution in [0.1, 0.15) is 361 Å². The van der Waals surface area contributed by atoms with Gasteiger partial charge in [-0.2, -0.15) is 0 Å². The van der Waals surface area contributed by atoms with E-state index in [1.165, 1.54) is 283 Å². The molecule has 1 amide bonds. The number of hydrogen-bond acceptors (Lipinski definition) is 8. The zero-order chi connectivity index (χ0) is 58.6. The number of rotatable bonds is 63. The third-order valence-corrected chi connectivity index (χ3v) is 17.2. The Morgan fingerprint density at radius 2 is 0.728 bits per heavy atom. The van der Waals surface area contributed by atoms with Gasteiger partial charge in [0.1, 0.15) is 24.4 Å². The minimum absolute atomic E-state index is 0.133. The summed E-state index contributed by atoms with van der Waals surface area (Å²) in [6.45, 7) is 3.87. The first kappa shape index (κ1) is 77.4. The minimum Gasteiger partial charge on any atom is -0.394 e. The first-order chi connectivity index (χ1) is 39.8. The fraction of sp³-hybridized carbons (Fsp3) is 0.903. The van der Waals surface area contributed by atoms with Gasteiger partial charge in [-0.25, -0.2) is 0 Å². The molecule has 0 spiro atoms. The molecule has 1 fully saturated rings. The molecular formula is C72H137NO8. The van der Waals surface area contributed by atoms with E-state index in [0.29, 0.717) is 12.8 Å². The van der Waals surface area contributed by atoms with Gasteiger partial charge >= 0.3 is 0 Å². The molecule has 0 aliphatic carbocycles. The lowest BCUT2D eigenvalue weighted by Crippen LogP contribution is -2.60. The maximum atomic E-state index is 13.1. The molecule has 9 heteroatoms. The highest BCUT2D eigenvalue weighted by molar-refractivity contribution is 5.76. The van der Waals surface area contributed by atoms with E-state index >= 15 is 0 Å². The lowest BCUT2D eigenvalue weighted by Gasteiger charge is -2.40. The zero-order valence-electron chi connectivity index (χ0n) is 53.6. The van der Waals surface area contributed by atoms with Crippen molar-refractivity contribution in [2.45, 2.75) is 403 Å². The number of nitrogens with one attached hydrogen (secondary N) is 1. The van der Waals surface area contributed by atoms with Crippen LogP contribution in [0.2, 0.25) is 0 Å². The van der Waals surface area contributed by atoms with E-state index in [0.717, 1.165) is 51.4 Å². The number of unbranched alkanes of at least 4 members (excludes halogenated alkanes) is 47. The number of ether oxygens (including phenoxy) is 2. The Kier molecular flexibility index (Phi) is 58.8. The van der Waals surface area contributed by atoms with Crippen molar-refractivity contribution in [3.8, 4) is 0 Å². The van der Waals surface area contributed by atoms with Crippen LogP contribution < -0.4 is 5.32 Å². The molecule has 1 heterocycles. The molecule has 0 aromatic rings. The highest BCUT2D eigenvalue weighted by atomic mass is 16.7. The van der Waals surface area contributed by atoms with Crippen molar-refractivity contribution in [1.82, 2.24) is 5.32 Å². The van der Waals surface area contributed by atoms with Gasteiger partial charge in [-0.15, -0.1) is 0 Å². The molecule has 1 aliphatic heterocycles. The summed E-state index contributed by atoms with van der Waals surface area (Å²) in [5.74, 6) is -0.136. The SMILES string of the molecule is CCCCCCC/C=C\C/C=C\C/C=C\CCCCCCCCCCCCCCCCCCCCCCCCCCCCC(=O)NC(COC1OC(CO)C(O)C(O)C1O)C(O)CCCCCCCCCCCCCCCCCCC. The Hall–Kier alpha value is -1.59. The van der Waals surface area contributed by atoms with Crippen LogP contribution in [0.4, 0.5) is 0 Å². The molecular weight excluding hydrogens is 1010 g/mol. The lowest BCUT2D eigenvalue weighted by molar-refractivity contribution is -0.302. The molecule has 6 N–H and O–H groups in total. The largest absolute Gasteiger partial charge is 0.394 e. The lowest BCUT2D eigenvalue weighted by atomic mass is 9.99. The van der Waals surface area contributed by atoms with Crippen molar-refractivity contribution in [2.75, 3.05) is 13.2 Å². The Morgan fingerprint density at radius 3 is 1.07 bits per heavy atom. The quantitative estimate of drug-likeness (QED) is 0.0261. The normalized spacial score (nSPS) is 18.5. The molecule has 0 bridgehead atoms. The molecule has 9 nitrogen and oxygen atoms in total. The van der Waals surface area contributed by atoms with Gasteiger partial charge in [0.25, 0.3) is 0 Å². The van der Waals surface area contributed by atoms with Crippen molar-refractivity contribution >= 4 is 5.91 Å². The minimum atomic E-state index is -1.55. The van der Waals surface area contributed by atoms with Gasteiger partial charge in [-0.3, -0.25) is 4.79 Å². The number of carbonyl (C=O) groups is 1.